The van der Waals surface area contributed by atoms with Crippen LogP contribution >= 0.6 is 12.2 Å². The van der Waals surface area contributed by atoms with Crippen molar-refractivity contribution in [3.8, 4) is 0 Å². The van der Waals surface area contributed by atoms with Crippen LogP contribution in [0.4, 0.5) is 11.4 Å². The van der Waals surface area contributed by atoms with Crippen molar-refractivity contribution in [3.63, 3.8) is 0 Å². The number of para-hydroxylation sites is 1. The predicted octanol–water partition coefficient (Wildman–Crippen LogP) is 3.58. The second kappa shape index (κ2) is 8.10. The van der Waals surface area contributed by atoms with Gasteiger partial charge in [-0.1, -0.05) is 18.2 Å². The molecule has 5 nitrogen and oxygen atoms in total. The summed E-state index contributed by atoms with van der Waals surface area (Å²) in [4.78, 5) is 26.2. The minimum absolute atomic E-state index is 0.0317. The number of nitrogens with one attached hydrogen (secondary N) is 2. The van der Waals surface area contributed by atoms with Crippen LogP contribution in [0.2, 0.25) is 0 Å². The lowest BCUT2D eigenvalue weighted by Gasteiger charge is -2.21. The maximum atomic E-state index is 12.8. The van der Waals surface area contributed by atoms with E-state index in [-0.39, 0.29) is 22.8 Å². The largest absolute Gasteiger partial charge is 0.332 e. The van der Waals surface area contributed by atoms with Crippen LogP contribution in [0.15, 0.2) is 54.6 Å². The van der Waals surface area contributed by atoms with Gasteiger partial charge in [-0.25, -0.2) is 0 Å². The highest BCUT2D eigenvalue weighted by Crippen LogP contribution is 2.28. The Bertz CT molecular complexity index is 802. The van der Waals surface area contributed by atoms with Gasteiger partial charge < -0.3 is 15.5 Å². The molecule has 0 aliphatic heterocycles. The van der Waals surface area contributed by atoms with Crippen LogP contribution in [0.1, 0.15) is 30.1 Å². The van der Waals surface area contributed by atoms with Gasteiger partial charge in [0.1, 0.15) is 0 Å². The molecule has 1 aliphatic carbocycles. The van der Waals surface area contributed by atoms with Crippen molar-refractivity contribution in [2.24, 2.45) is 5.92 Å². The first-order valence-corrected chi connectivity index (χ1v) is 9.08. The summed E-state index contributed by atoms with van der Waals surface area (Å²) in [6.07, 6.45) is 1.86. The van der Waals surface area contributed by atoms with Crippen molar-refractivity contribution in [2.75, 3.05) is 16.8 Å². The van der Waals surface area contributed by atoms with Gasteiger partial charge in [-0.05, 0) is 68.4 Å². The van der Waals surface area contributed by atoms with Gasteiger partial charge in [0.2, 0.25) is 5.91 Å². The summed E-state index contributed by atoms with van der Waals surface area (Å²) in [5.74, 6) is 0.0124. The van der Waals surface area contributed by atoms with Crippen molar-refractivity contribution in [1.82, 2.24) is 5.32 Å². The van der Waals surface area contributed by atoms with Crippen LogP contribution in [0.3, 0.4) is 0 Å². The molecule has 1 fully saturated rings. The Balaban J connectivity index is 1.63. The molecule has 0 radical (unpaired) electrons. The Morgan fingerprint density at radius 3 is 2.31 bits per heavy atom. The molecule has 0 bridgehead atoms. The number of rotatable bonds is 5. The molecule has 2 amide bonds. The fraction of sp³-hybridized carbons (Fsp3) is 0.250. The van der Waals surface area contributed by atoms with Gasteiger partial charge in [0.15, 0.2) is 5.11 Å². The van der Waals surface area contributed by atoms with Crippen LogP contribution in [0.5, 0.6) is 0 Å². The summed E-state index contributed by atoms with van der Waals surface area (Å²) in [6.45, 7) is 2.53. The van der Waals surface area contributed by atoms with E-state index in [0.29, 0.717) is 12.1 Å². The molecule has 1 aliphatic rings. The monoisotopic (exact) mass is 367 g/mol. The summed E-state index contributed by atoms with van der Waals surface area (Å²) in [5.41, 5.74) is 2.19. The highest BCUT2D eigenvalue weighted by Gasteiger charge is 2.30. The molecule has 26 heavy (non-hydrogen) atoms. The molecule has 0 unspecified atom stereocenters. The first kappa shape index (κ1) is 18.1. The second-order valence-electron chi connectivity index (χ2n) is 6.18. The van der Waals surface area contributed by atoms with Crippen LogP contribution in [0, 0.1) is 5.92 Å². The number of thiocarbonyl (C=S) groups is 1. The lowest BCUT2D eigenvalue weighted by molar-refractivity contribution is -0.120. The van der Waals surface area contributed by atoms with Crippen molar-refractivity contribution in [1.29, 1.82) is 0 Å². The number of nitrogens with zero attached hydrogens (tertiary/aromatic N) is 1. The standard InChI is InChI=1S/C20H21N3O2S/c1-2-23(17-6-4-3-5-7-17)19(25)15-10-12-16(13-11-15)21-20(26)22-18(24)14-8-9-14/h3-7,10-14H,2,8-9H2,1H3,(H2,21,22,24,26). The molecule has 134 valence electrons. The minimum Gasteiger partial charge on any atom is -0.332 e. The number of hydrogen-bond donors (Lipinski definition) is 2. The molecule has 2 aromatic rings. The van der Waals surface area contributed by atoms with Gasteiger partial charge in [-0.15, -0.1) is 0 Å². The lowest BCUT2D eigenvalue weighted by atomic mass is 10.1. The van der Waals surface area contributed by atoms with Crippen LogP contribution in [-0.4, -0.2) is 23.5 Å². The summed E-state index contributed by atoms with van der Waals surface area (Å²) < 4.78 is 0. The fourth-order valence-corrected chi connectivity index (χ4v) is 2.84. The van der Waals surface area contributed by atoms with Gasteiger partial charge in [-0.2, -0.15) is 0 Å². The molecular formula is C20H21N3O2S. The number of hydrogen-bond acceptors (Lipinski definition) is 3. The predicted molar refractivity (Wildman–Crippen MR) is 107 cm³/mol. The molecule has 0 saturated heterocycles. The molecular weight excluding hydrogens is 346 g/mol. The SMILES string of the molecule is CCN(C(=O)c1ccc(NC(=S)NC(=O)C2CC2)cc1)c1ccccc1. The first-order valence-electron chi connectivity index (χ1n) is 8.67. The molecule has 0 atom stereocenters. The van der Waals surface area contributed by atoms with E-state index in [1.54, 1.807) is 29.2 Å². The van der Waals surface area contributed by atoms with Gasteiger partial charge in [0.05, 0.1) is 0 Å². The maximum absolute atomic E-state index is 12.8. The highest BCUT2D eigenvalue weighted by atomic mass is 32.1. The second-order valence-corrected chi connectivity index (χ2v) is 6.59. The van der Waals surface area contributed by atoms with E-state index < -0.39 is 0 Å². The molecule has 0 heterocycles. The molecule has 2 aromatic carbocycles. The third-order valence-electron chi connectivity index (χ3n) is 4.20. The van der Waals surface area contributed by atoms with E-state index in [2.05, 4.69) is 10.6 Å². The normalized spacial score (nSPS) is 13.0. The van der Waals surface area contributed by atoms with Gasteiger partial charge in [0, 0.05) is 29.4 Å². The Morgan fingerprint density at radius 1 is 1.08 bits per heavy atom. The number of anilines is 2. The summed E-state index contributed by atoms with van der Waals surface area (Å²) >= 11 is 5.15. The third kappa shape index (κ3) is 4.46. The van der Waals surface area contributed by atoms with E-state index >= 15 is 0 Å². The van der Waals surface area contributed by atoms with E-state index in [0.717, 1.165) is 24.2 Å². The molecule has 1 saturated carbocycles. The molecule has 0 spiro atoms. The Hall–Kier alpha value is -2.73. The summed E-state index contributed by atoms with van der Waals surface area (Å²) in [7, 11) is 0. The van der Waals surface area contributed by atoms with Crippen molar-refractivity contribution in [3.05, 3.63) is 60.2 Å². The van der Waals surface area contributed by atoms with Gasteiger partial charge in [0.25, 0.3) is 5.91 Å². The number of benzene rings is 2. The van der Waals surface area contributed by atoms with E-state index in [1.807, 2.05) is 37.3 Å². The minimum atomic E-state index is -0.0603. The fourth-order valence-electron chi connectivity index (χ4n) is 2.63. The average Bonchev–Trinajstić information content (AvgIpc) is 3.49. The number of carbonyl (C=O) groups is 2. The average molecular weight is 367 g/mol. The van der Waals surface area contributed by atoms with E-state index in [1.165, 1.54) is 0 Å². The first-order chi connectivity index (χ1) is 12.6. The van der Waals surface area contributed by atoms with E-state index in [9.17, 15) is 9.59 Å². The quantitative estimate of drug-likeness (QED) is 0.793. The zero-order valence-electron chi connectivity index (χ0n) is 14.6. The Morgan fingerprint density at radius 2 is 1.73 bits per heavy atom. The lowest BCUT2D eigenvalue weighted by Crippen LogP contribution is -2.35. The Labute approximate surface area is 158 Å². The highest BCUT2D eigenvalue weighted by molar-refractivity contribution is 7.80. The molecule has 6 heteroatoms. The topological polar surface area (TPSA) is 61.4 Å². The van der Waals surface area contributed by atoms with Crippen molar-refractivity contribution < 1.29 is 9.59 Å². The van der Waals surface area contributed by atoms with Gasteiger partial charge in [-0.3, -0.25) is 9.59 Å². The summed E-state index contributed by atoms with van der Waals surface area (Å²) in [6, 6.07) is 16.6. The zero-order chi connectivity index (χ0) is 18.5. The number of amides is 2. The van der Waals surface area contributed by atoms with Crippen molar-refractivity contribution >= 4 is 40.5 Å². The number of carbonyl (C=O) groups excluding carboxylic acids is 2. The van der Waals surface area contributed by atoms with E-state index in [4.69, 9.17) is 12.2 Å². The van der Waals surface area contributed by atoms with Crippen LogP contribution in [-0.2, 0) is 4.79 Å². The van der Waals surface area contributed by atoms with Crippen molar-refractivity contribution in [2.45, 2.75) is 19.8 Å². The smallest absolute Gasteiger partial charge is 0.258 e. The maximum Gasteiger partial charge on any atom is 0.258 e. The van der Waals surface area contributed by atoms with Crippen LogP contribution in [0.25, 0.3) is 0 Å². The zero-order valence-corrected chi connectivity index (χ0v) is 15.4. The Kier molecular flexibility index (Phi) is 5.63. The molecule has 3 rings (SSSR count). The van der Waals surface area contributed by atoms with Crippen LogP contribution < -0.4 is 15.5 Å². The summed E-state index contributed by atoms with van der Waals surface area (Å²) in [5, 5.41) is 5.93. The molecule has 0 aromatic heterocycles. The third-order valence-corrected chi connectivity index (χ3v) is 4.41. The van der Waals surface area contributed by atoms with Gasteiger partial charge >= 0.3 is 0 Å². The molecule has 2 N–H and O–H groups in total.